The molecule has 3 N–H and O–H groups in total. The lowest BCUT2D eigenvalue weighted by atomic mass is 10.2. The summed E-state index contributed by atoms with van der Waals surface area (Å²) in [5.74, 6) is -0.599. The third-order valence-electron chi connectivity index (χ3n) is 2.96. The number of hydrogen-bond acceptors (Lipinski definition) is 4. The molecule has 0 aromatic heterocycles. The summed E-state index contributed by atoms with van der Waals surface area (Å²) in [6, 6.07) is 4.63. The molecule has 0 spiro atoms. The second-order valence-corrected chi connectivity index (χ2v) is 7.46. The van der Waals surface area contributed by atoms with Crippen molar-refractivity contribution in [1.82, 2.24) is 0 Å². The van der Waals surface area contributed by atoms with Crippen molar-refractivity contribution in [2.24, 2.45) is 0 Å². The molecule has 0 aliphatic carbocycles. The second-order valence-electron chi connectivity index (χ2n) is 4.58. The summed E-state index contributed by atoms with van der Waals surface area (Å²) in [6.07, 6.45) is 1.30. The Hall–Kier alpha value is -1.27. The van der Waals surface area contributed by atoms with E-state index >= 15 is 0 Å². The van der Waals surface area contributed by atoms with Gasteiger partial charge in [-0.15, -0.1) is 0 Å². The van der Waals surface area contributed by atoms with Crippen LogP contribution in [0.5, 0.6) is 0 Å². The molecule has 0 saturated carbocycles. The number of hydrogen-bond donors (Lipinski definition) is 2. The molecule has 112 valence electrons. The first-order chi connectivity index (χ1) is 9.27. The molecular formula is C13H19ClN2O3S. The van der Waals surface area contributed by atoms with Gasteiger partial charge in [0, 0.05) is 5.02 Å². The second kappa shape index (κ2) is 6.95. The largest absolute Gasteiger partial charge is 0.397 e. The van der Waals surface area contributed by atoms with E-state index in [1.165, 1.54) is 13.0 Å². The van der Waals surface area contributed by atoms with Crippen LogP contribution in [0.25, 0.3) is 0 Å². The number of nitrogens with two attached hydrogens (primary N) is 1. The lowest BCUT2D eigenvalue weighted by molar-refractivity contribution is -0.115. The van der Waals surface area contributed by atoms with Crippen LogP contribution in [0.1, 0.15) is 26.7 Å². The van der Waals surface area contributed by atoms with Crippen LogP contribution >= 0.6 is 11.6 Å². The number of halogens is 1. The number of carbonyl (C=O) groups excluding carboxylic acids is 1. The van der Waals surface area contributed by atoms with Gasteiger partial charge in [-0.3, -0.25) is 4.79 Å². The molecule has 20 heavy (non-hydrogen) atoms. The zero-order valence-electron chi connectivity index (χ0n) is 11.5. The molecule has 0 bridgehead atoms. The van der Waals surface area contributed by atoms with E-state index in [4.69, 9.17) is 17.3 Å². The van der Waals surface area contributed by atoms with Crippen molar-refractivity contribution in [2.75, 3.05) is 16.8 Å². The SMILES string of the molecule is CCCCS(=O)(=O)C(C)C(=O)Nc1cc(Cl)ccc1N. The topological polar surface area (TPSA) is 89.3 Å². The Labute approximate surface area is 124 Å². The van der Waals surface area contributed by atoms with Gasteiger partial charge < -0.3 is 11.1 Å². The van der Waals surface area contributed by atoms with Crippen LogP contribution < -0.4 is 11.1 Å². The molecule has 1 aromatic carbocycles. The van der Waals surface area contributed by atoms with E-state index in [1.54, 1.807) is 12.1 Å². The quantitative estimate of drug-likeness (QED) is 0.788. The molecule has 0 aliphatic heterocycles. The van der Waals surface area contributed by atoms with Crippen LogP contribution in [0, 0.1) is 0 Å². The highest BCUT2D eigenvalue weighted by molar-refractivity contribution is 7.92. The molecule has 0 radical (unpaired) electrons. The highest BCUT2D eigenvalue weighted by Crippen LogP contribution is 2.23. The zero-order valence-corrected chi connectivity index (χ0v) is 13.1. The van der Waals surface area contributed by atoms with Gasteiger partial charge in [0.1, 0.15) is 5.25 Å². The molecule has 0 heterocycles. The Bertz CT molecular complexity index is 587. The lowest BCUT2D eigenvalue weighted by Crippen LogP contribution is -2.34. The molecule has 1 rings (SSSR count). The van der Waals surface area contributed by atoms with Gasteiger partial charge in [0.25, 0.3) is 0 Å². The monoisotopic (exact) mass is 318 g/mol. The smallest absolute Gasteiger partial charge is 0.242 e. The summed E-state index contributed by atoms with van der Waals surface area (Å²) >= 11 is 5.81. The summed E-state index contributed by atoms with van der Waals surface area (Å²) in [6.45, 7) is 3.27. The van der Waals surface area contributed by atoms with Gasteiger partial charge in [-0.2, -0.15) is 0 Å². The lowest BCUT2D eigenvalue weighted by Gasteiger charge is -2.14. The fourth-order valence-electron chi connectivity index (χ4n) is 1.56. The minimum atomic E-state index is -3.45. The minimum absolute atomic E-state index is 0.00309. The van der Waals surface area contributed by atoms with Gasteiger partial charge in [0.2, 0.25) is 5.91 Å². The highest BCUT2D eigenvalue weighted by atomic mass is 35.5. The first-order valence-corrected chi connectivity index (χ1v) is 8.44. The van der Waals surface area contributed by atoms with Crippen molar-refractivity contribution < 1.29 is 13.2 Å². The predicted octanol–water partition coefficient (Wildman–Crippen LogP) is 2.46. The van der Waals surface area contributed by atoms with Gasteiger partial charge in [-0.1, -0.05) is 24.9 Å². The number of nitrogen functional groups attached to an aromatic ring is 1. The van der Waals surface area contributed by atoms with Crippen LogP contribution in [0.15, 0.2) is 18.2 Å². The summed E-state index contributed by atoms with van der Waals surface area (Å²) in [5.41, 5.74) is 6.36. The number of sulfone groups is 1. The Kier molecular flexibility index (Phi) is 5.83. The molecule has 0 saturated heterocycles. The molecule has 7 heteroatoms. The minimum Gasteiger partial charge on any atom is -0.397 e. The number of benzene rings is 1. The average Bonchev–Trinajstić information content (AvgIpc) is 2.39. The van der Waals surface area contributed by atoms with E-state index in [9.17, 15) is 13.2 Å². The zero-order chi connectivity index (χ0) is 15.3. The first kappa shape index (κ1) is 16.8. The standard InChI is InChI=1S/C13H19ClN2O3S/c1-3-4-7-20(18,19)9(2)13(17)16-12-8-10(14)5-6-11(12)15/h5-6,8-9H,3-4,7,15H2,1-2H3,(H,16,17). The number of unbranched alkanes of at least 4 members (excludes halogenated alkanes) is 1. The summed E-state index contributed by atoms with van der Waals surface area (Å²) in [7, 11) is -3.45. The van der Waals surface area contributed by atoms with E-state index in [2.05, 4.69) is 5.32 Å². The Balaban J connectivity index is 2.83. The van der Waals surface area contributed by atoms with E-state index in [0.717, 1.165) is 6.42 Å². The Morgan fingerprint density at radius 2 is 2.10 bits per heavy atom. The third kappa shape index (κ3) is 4.38. The maximum Gasteiger partial charge on any atom is 0.242 e. The Morgan fingerprint density at radius 3 is 2.70 bits per heavy atom. The molecule has 5 nitrogen and oxygen atoms in total. The summed E-state index contributed by atoms with van der Waals surface area (Å²) < 4.78 is 23.9. The van der Waals surface area contributed by atoms with Crippen molar-refractivity contribution >= 4 is 38.7 Å². The van der Waals surface area contributed by atoms with Crippen molar-refractivity contribution in [3.05, 3.63) is 23.2 Å². The number of carbonyl (C=O) groups is 1. The molecular weight excluding hydrogens is 300 g/mol. The van der Waals surface area contributed by atoms with Crippen LogP contribution in [0.4, 0.5) is 11.4 Å². The molecule has 1 aromatic rings. The normalized spacial score (nSPS) is 12.9. The number of anilines is 2. The number of amides is 1. The maximum absolute atomic E-state index is 12.0. The van der Waals surface area contributed by atoms with E-state index in [1.807, 2.05) is 6.92 Å². The van der Waals surface area contributed by atoms with Gasteiger partial charge in [-0.05, 0) is 31.5 Å². The van der Waals surface area contributed by atoms with Gasteiger partial charge >= 0.3 is 0 Å². The van der Waals surface area contributed by atoms with Crippen LogP contribution in [0.2, 0.25) is 5.02 Å². The molecule has 1 amide bonds. The number of nitrogens with one attached hydrogen (secondary N) is 1. The van der Waals surface area contributed by atoms with E-state index < -0.39 is 21.0 Å². The third-order valence-corrected chi connectivity index (χ3v) is 5.35. The molecule has 0 aliphatic rings. The highest BCUT2D eigenvalue weighted by Gasteiger charge is 2.27. The fourth-order valence-corrected chi connectivity index (χ4v) is 3.16. The number of rotatable bonds is 6. The summed E-state index contributed by atoms with van der Waals surface area (Å²) in [5, 5.41) is 1.80. The van der Waals surface area contributed by atoms with E-state index in [0.29, 0.717) is 22.8 Å². The van der Waals surface area contributed by atoms with E-state index in [-0.39, 0.29) is 5.75 Å². The molecule has 1 unspecified atom stereocenters. The average molecular weight is 319 g/mol. The van der Waals surface area contributed by atoms with Gasteiger partial charge in [0.05, 0.1) is 17.1 Å². The van der Waals surface area contributed by atoms with Crippen LogP contribution in [0.3, 0.4) is 0 Å². The van der Waals surface area contributed by atoms with Gasteiger partial charge in [-0.25, -0.2) is 8.42 Å². The maximum atomic E-state index is 12.0. The van der Waals surface area contributed by atoms with Crippen LogP contribution in [-0.4, -0.2) is 25.3 Å². The Morgan fingerprint density at radius 1 is 1.45 bits per heavy atom. The predicted molar refractivity (Wildman–Crippen MR) is 82.7 cm³/mol. The fraction of sp³-hybridized carbons (Fsp3) is 0.462. The van der Waals surface area contributed by atoms with Crippen molar-refractivity contribution in [3.63, 3.8) is 0 Å². The van der Waals surface area contributed by atoms with Crippen molar-refractivity contribution in [1.29, 1.82) is 0 Å². The molecule has 1 atom stereocenters. The first-order valence-electron chi connectivity index (χ1n) is 6.35. The molecule has 0 fully saturated rings. The summed E-state index contributed by atoms with van der Waals surface area (Å²) in [4.78, 5) is 12.0. The van der Waals surface area contributed by atoms with Gasteiger partial charge in [0.15, 0.2) is 9.84 Å². The van der Waals surface area contributed by atoms with Crippen LogP contribution in [-0.2, 0) is 14.6 Å². The van der Waals surface area contributed by atoms with Crippen molar-refractivity contribution in [2.45, 2.75) is 31.9 Å². The van der Waals surface area contributed by atoms with Crippen molar-refractivity contribution in [3.8, 4) is 0 Å².